The van der Waals surface area contributed by atoms with Crippen molar-refractivity contribution in [1.29, 1.82) is 0 Å². The van der Waals surface area contributed by atoms with Gasteiger partial charge in [-0.15, -0.1) is 0 Å². The predicted octanol–water partition coefficient (Wildman–Crippen LogP) is 3.20. The first-order valence-corrected chi connectivity index (χ1v) is 8.56. The Hall–Kier alpha value is -2.44. The fourth-order valence-electron chi connectivity index (χ4n) is 2.74. The van der Waals surface area contributed by atoms with Gasteiger partial charge in [0.05, 0.1) is 17.0 Å². The third-order valence-electron chi connectivity index (χ3n) is 4.51. The molecule has 0 N–H and O–H groups in total. The number of nitro benzene ring substituents is 1. The number of nitrogens with zero attached hydrogens (tertiary/aromatic N) is 3. The monoisotopic (exact) mass is 345 g/mol. The van der Waals surface area contributed by atoms with E-state index < -0.39 is 4.92 Å². The third-order valence-corrected chi connectivity index (χ3v) is 4.51. The minimum atomic E-state index is -0.419. The van der Waals surface area contributed by atoms with Crippen molar-refractivity contribution < 1.29 is 14.4 Å². The molecule has 25 heavy (non-hydrogen) atoms. The van der Waals surface area contributed by atoms with Crippen LogP contribution in [0.15, 0.2) is 28.2 Å². The molecule has 3 rings (SSSR count). The SMILES string of the molecule is CC(C)[C@H]1COC(c2cc(C3=N[C@@H](C(C)C)CO3)cc([N+](=O)[O-])c2)=N1. The molecule has 7 nitrogen and oxygen atoms in total. The molecule has 2 aliphatic rings. The van der Waals surface area contributed by atoms with Crippen LogP contribution < -0.4 is 0 Å². The van der Waals surface area contributed by atoms with Gasteiger partial charge in [-0.3, -0.25) is 10.1 Å². The van der Waals surface area contributed by atoms with Crippen molar-refractivity contribution in [3.8, 4) is 0 Å². The number of nitro groups is 1. The average Bonchev–Trinajstić information content (AvgIpc) is 3.24. The first-order chi connectivity index (χ1) is 11.8. The van der Waals surface area contributed by atoms with E-state index in [0.717, 1.165) is 0 Å². The molecule has 0 aromatic heterocycles. The Balaban J connectivity index is 1.98. The van der Waals surface area contributed by atoms with Crippen LogP contribution in [0.5, 0.6) is 0 Å². The summed E-state index contributed by atoms with van der Waals surface area (Å²) < 4.78 is 11.3. The van der Waals surface area contributed by atoms with Gasteiger partial charge in [0.15, 0.2) is 0 Å². The second kappa shape index (κ2) is 6.82. The summed E-state index contributed by atoms with van der Waals surface area (Å²) in [6.07, 6.45) is 0. The summed E-state index contributed by atoms with van der Waals surface area (Å²) >= 11 is 0. The van der Waals surface area contributed by atoms with Crippen LogP contribution in [0, 0.1) is 22.0 Å². The van der Waals surface area contributed by atoms with E-state index >= 15 is 0 Å². The Morgan fingerprint density at radius 2 is 1.40 bits per heavy atom. The van der Waals surface area contributed by atoms with E-state index in [4.69, 9.17) is 9.47 Å². The van der Waals surface area contributed by atoms with Gasteiger partial charge in [-0.05, 0) is 17.9 Å². The molecule has 1 aromatic rings. The van der Waals surface area contributed by atoms with Crippen LogP contribution in [0.1, 0.15) is 38.8 Å². The zero-order chi connectivity index (χ0) is 18.1. The Morgan fingerprint density at radius 1 is 0.960 bits per heavy atom. The first-order valence-electron chi connectivity index (χ1n) is 8.56. The molecule has 1 aromatic carbocycles. The van der Waals surface area contributed by atoms with Gasteiger partial charge in [0.1, 0.15) is 13.2 Å². The predicted molar refractivity (Wildman–Crippen MR) is 95.3 cm³/mol. The van der Waals surface area contributed by atoms with Gasteiger partial charge in [-0.2, -0.15) is 0 Å². The largest absolute Gasteiger partial charge is 0.475 e. The lowest BCUT2D eigenvalue weighted by molar-refractivity contribution is -0.384. The van der Waals surface area contributed by atoms with Crippen LogP contribution in [0.3, 0.4) is 0 Å². The summed E-state index contributed by atoms with van der Waals surface area (Å²) in [5, 5.41) is 11.3. The molecule has 0 unspecified atom stereocenters. The maximum absolute atomic E-state index is 11.3. The molecule has 2 aliphatic heterocycles. The minimum Gasteiger partial charge on any atom is -0.475 e. The van der Waals surface area contributed by atoms with Crippen molar-refractivity contribution in [3.63, 3.8) is 0 Å². The molecular weight excluding hydrogens is 322 g/mol. The molecule has 0 aliphatic carbocycles. The van der Waals surface area contributed by atoms with Gasteiger partial charge in [0.2, 0.25) is 11.8 Å². The third kappa shape index (κ3) is 3.65. The van der Waals surface area contributed by atoms with Crippen molar-refractivity contribution in [3.05, 3.63) is 39.4 Å². The van der Waals surface area contributed by atoms with E-state index in [1.165, 1.54) is 12.1 Å². The number of rotatable bonds is 5. The Labute approximate surface area is 146 Å². The lowest BCUT2D eigenvalue weighted by Gasteiger charge is -2.07. The topological polar surface area (TPSA) is 86.3 Å². The van der Waals surface area contributed by atoms with Crippen molar-refractivity contribution in [2.24, 2.45) is 21.8 Å². The molecule has 0 bridgehead atoms. The summed E-state index contributed by atoms with van der Waals surface area (Å²) in [5.74, 6) is 1.60. The standard InChI is InChI=1S/C18H23N3O4/c1-10(2)15-8-24-17(19-15)12-5-13(7-14(6-12)21(22)23)18-20-16(9-25-18)11(3)4/h5-7,10-11,15-16H,8-9H2,1-4H3/t15-,16-/m1/s1. The number of hydrogen-bond acceptors (Lipinski definition) is 6. The number of hydrogen-bond donors (Lipinski definition) is 0. The highest BCUT2D eigenvalue weighted by molar-refractivity contribution is 6.01. The Morgan fingerprint density at radius 3 is 1.72 bits per heavy atom. The van der Waals surface area contributed by atoms with Crippen molar-refractivity contribution in [1.82, 2.24) is 0 Å². The fraction of sp³-hybridized carbons (Fsp3) is 0.556. The Bertz CT molecular complexity index is 688. The van der Waals surface area contributed by atoms with E-state index in [-0.39, 0.29) is 17.8 Å². The molecule has 0 saturated heterocycles. The fourth-order valence-corrected chi connectivity index (χ4v) is 2.74. The molecule has 0 saturated carbocycles. The van der Waals surface area contributed by atoms with Crippen LogP contribution >= 0.6 is 0 Å². The molecule has 134 valence electrons. The number of non-ortho nitro benzene ring substituents is 1. The van der Waals surface area contributed by atoms with Gasteiger partial charge in [-0.1, -0.05) is 27.7 Å². The summed E-state index contributed by atoms with van der Waals surface area (Å²) in [6.45, 7) is 9.30. The maximum Gasteiger partial charge on any atom is 0.271 e. The smallest absolute Gasteiger partial charge is 0.271 e. The van der Waals surface area contributed by atoms with Gasteiger partial charge < -0.3 is 9.47 Å². The molecule has 7 heteroatoms. The molecule has 0 amide bonds. The van der Waals surface area contributed by atoms with Crippen LogP contribution in [0.4, 0.5) is 5.69 Å². The van der Waals surface area contributed by atoms with Crippen LogP contribution in [0.2, 0.25) is 0 Å². The highest BCUT2D eigenvalue weighted by Crippen LogP contribution is 2.25. The minimum absolute atomic E-state index is 0.0221. The average molecular weight is 345 g/mol. The number of benzene rings is 1. The van der Waals surface area contributed by atoms with Crippen LogP contribution in [-0.4, -0.2) is 42.0 Å². The molecule has 0 spiro atoms. The summed E-state index contributed by atoms with van der Waals surface area (Å²) in [7, 11) is 0. The Kier molecular flexibility index (Phi) is 4.74. The molecular formula is C18H23N3O4. The summed E-state index contributed by atoms with van der Waals surface area (Å²) in [5.41, 5.74) is 1.16. The lowest BCUT2D eigenvalue weighted by Crippen LogP contribution is -2.13. The lowest BCUT2D eigenvalue weighted by atomic mass is 10.1. The molecule has 0 radical (unpaired) electrons. The van der Waals surface area contributed by atoms with Gasteiger partial charge in [0, 0.05) is 23.3 Å². The second-order valence-corrected chi connectivity index (χ2v) is 7.14. The summed E-state index contributed by atoms with van der Waals surface area (Å²) in [4.78, 5) is 20.0. The van der Waals surface area contributed by atoms with Crippen LogP contribution in [0.25, 0.3) is 0 Å². The highest BCUT2D eigenvalue weighted by atomic mass is 16.6. The van der Waals surface area contributed by atoms with Crippen molar-refractivity contribution in [2.75, 3.05) is 13.2 Å². The van der Waals surface area contributed by atoms with Gasteiger partial charge in [0.25, 0.3) is 5.69 Å². The maximum atomic E-state index is 11.3. The van der Waals surface area contributed by atoms with Crippen molar-refractivity contribution in [2.45, 2.75) is 39.8 Å². The summed E-state index contributed by atoms with van der Waals surface area (Å²) in [6, 6.07) is 4.92. The highest BCUT2D eigenvalue weighted by Gasteiger charge is 2.27. The van der Waals surface area contributed by atoms with Crippen molar-refractivity contribution >= 4 is 17.5 Å². The first kappa shape index (κ1) is 17.4. The van der Waals surface area contributed by atoms with E-state index in [9.17, 15) is 10.1 Å². The van der Waals surface area contributed by atoms with E-state index in [1.54, 1.807) is 6.07 Å². The quantitative estimate of drug-likeness (QED) is 0.606. The van der Waals surface area contributed by atoms with Crippen LogP contribution in [-0.2, 0) is 9.47 Å². The molecule has 2 atom stereocenters. The normalized spacial score (nSPS) is 22.6. The number of ether oxygens (including phenoxy) is 2. The van der Waals surface area contributed by atoms with Gasteiger partial charge in [-0.25, -0.2) is 9.98 Å². The van der Waals surface area contributed by atoms with E-state index in [2.05, 4.69) is 37.7 Å². The van der Waals surface area contributed by atoms with Gasteiger partial charge >= 0.3 is 0 Å². The zero-order valence-corrected chi connectivity index (χ0v) is 14.9. The number of aliphatic imine (C=N–C) groups is 2. The molecule has 0 fully saturated rings. The van der Waals surface area contributed by atoms with E-state index in [1.807, 2.05) is 0 Å². The molecule has 2 heterocycles. The second-order valence-electron chi connectivity index (χ2n) is 7.14. The van der Waals surface area contributed by atoms with E-state index in [0.29, 0.717) is 48.0 Å². The zero-order valence-electron chi connectivity index (χ0n) is 14.9.